The lowest BCUT2D eigenvalue weighted by Gasteiger charge is -2.18. The summed E-state index contributed by atoms with van der Waals surface area (Å²) in [4.78, 5) is 0. The van der Waals surface area contributed by atoms with Crippen molar-refractivity contribution in [1.29, 1.82) is 0 Å². The molecule has 1 saturated carbocycles. The van der Waals surface area contributed by atoms with Crippen LogP contribution in [-0.4, -0.2) is 5.16 Å². The Kier molecular flexibility index (Phi) is 2.15. The molecule has 66 valence electrons. The van der Waals surface area contributed by atoms with Crippen molar-refractivity contribution in [3.63, 3.8) is 0 Å². The Balaban J connectivity index is 2.08. The van der Waals surface area contributed by atoms with Crippen LogP contribution >= 0.6 is 0 Å². The van der Waals surface area contributed by atoms with Gasteiger partial charge in [0.15, 0.2) is 0 Å². The van der Waals surface area contributed by atoms with Gasteiger partial charge in [-0.1, -0.05) is 24.4 Å². The first-order valence-corrected chi connectivity index (χ1v) is 4.79. The van der Waals surface area contributed by atoms with Crippen LogP contribution in [0.3, 0.4) is 0 Å². The van der Waals surface area contributed by atoms with Gasteiger partial charge in [0.05, 0.1) is 5.69 Å². The van der Waals surface area contributed by atoms with E-state index in [-0.39, 0.29) is 0 Å². The third kappa shape index (κ3) is 1.52. The van der Waals surface area contributed by atoms with E-state index >= 15 is 0 Å². The maximum atomic E-state index is 5.25. The highest BCUT2D eigenvalue weighted by atomic mass is 16.5. The zero-order valence-corrected chi connectivity index (χ0v) is 7.55. The molecule has 1 heterocycles. The van der Waals surface area contributed by atoms with Crippen LogP contribution in [0.15, 0.2) is 10.6 Å². The predicted octanol–water partition coefficient (Wildman–Crippen LogP) is 3.03. The maximum Gasteiger partial charge on any atom is 0.140 e. The standard InChI is InChI=1S/C10H15NO/c1-8-7-10(12-11-8)9-5-3-2-4-6-9/h7,9H,2-6H2,1H3. The number of aromatic nitrogens is 1. The Bertz CT molecular complexity index is 248. The number of hydrogen-bond donors (Lipinski definition) is 0. The van der Waals surface area contributed by atoms with Crippen LogP contribution < -0.4 is 0 Å². The van der Waals surface area contributed by atoms with E-state index in [1.807, 2.05) is 6.92 Å². The summed E-state index contributed by atoms with van der Waals surface area (Å²) < 4.78 is 5.25. The fourth-order valence-electron chi connectivity index (χ4n) is 1.96. The maximum absolute atomic E-state index is 5.25. The molecule has 0 aromatic carbocycles. The third-order valence-electron chi connectivity index (χ3n) is 2.65. The average molecular weight is 165 g/mol. The Morgan fingerprint density at radius 3 is 2.67 bits per heavy atom. The molecule has 0 saturated heterocycles. The van der Waals surface area contributed by atoms with Crippen molar-refractivity contribution >= 4 is 0 Å². The number of hydrogen-bond acceptors (Lipinski definition) is 2. The van der Waals surface area contributed by atoms with Gasteiger partial charge in [0, 0.05) is 12.0 Å². The van der Waals surface area contributed by atoms with Gasteiger partial charge in [-0.3, -0.25) is 0 Å². The SMILES string of the molecule is Cc1cc(C2CCCCC2)on1. The smallest absolute Gasteiger partial charge is 0.140 e. The van der Waals surface area contributed by atoms with E-state index in [1.165, 1.54) is 32.1 Å². The average Bonchev–Trinajstić information content (AvgIpc) is 2.54. The van der Waals surface area contributed by atoms with Crippen LogP contribution in [0.25, 0.3) is 0 Å². The van der Waals surface area contributed by atoms with Gasteiger partial charge < -0.3 is 4.52 Å². The first-order chi connectivity index (χ1) is 5.86. The highest BCUT2D eigenvalue weighted by molar-refractivity contribution is 5.08. The van der Waals surface area contributed by atoms with E-state index in [0.29, 0.717) is 5.92 Å². The molecule has 0 N–H and O–H groups in total. The largest absolute Gasteiger partial charge is 0.361 e. The molecule has 1 aliphatic rings. The van der Waals surface area contributed by atoms with Crippen LogP contribution in [0, 0.1) is 6.92 Å². The Labute approximate surface area is 72.9 Å². The zero-order chi connectivity index (χ0) is 8.39. The minimum absolute atomic E-state index is 0.653. The Morgan fingerprint density at radius 2 is 2.08 bits per heavy atom. The van der Waals surface area contributed by atoms with Crippen molar-refractivity contribution in [1.82, 2.24) is 5.16 Å². The zero-order valence-electron chi connectivity index (χ0n) is 7.55. The summed E-state index contributed by atoms with van der Waals surface area (Å²) in [5, 5.41) is 3.92. The van der Waals surface area contributed by atoms with Gasteiger partial charge in [-0.15, -0.1) is 0 Å². The summed E-state index contributed by atoms with van der Waals surface area (Å²) in [5.41, 5.74) is 1.01. The second-order valence-electron chi connectivity index (χ2n) is 3.71. The van der Waals surface area contributed by atoms with Gasteiger partial charge in [0.1, 0.15) is 5.76 Å². The van der Waals surface area contributed by atoms with E-state index in [4.69, 9.17) is 4.52 Å². The summed E-state index contributed by atoms with van der Waals surface area (Å²) >= 11 is 0. The molecule has 0 aliphatic heterocycles. The summed E-state index contributed by atoms with van der Waals surface area (Å²) in [6.45, 7) is 1.98. The minimum Gasteiger partial charge on any atom is -0.361 e. The fourth-order valence-corrected chi connectivity index (χ4v) is 1.96. The van der Waals surface area contributed by atoms with Crippen molar-refractivity contribution in [2.45, 2.75) is 44.9 Å². The molecular formula is C10H15NO. The monoisotopic (exact) mass is 165 g/mol. The first kappa shape index (κ1) is 7.84. The van der Waals surface area contributed by atoms with Crippen molar-refractivity contribution < 1.29 is 4.52 Å². The van der Waals surface area contributed by atoms with Gasteiger partial charge in [-0.05, 0) is 19.8 Å². The Hall–Kier alpha value is -0.790. The lowest BCUT2D eigenvalue weighted by Crippen LogP contribution is -2.02. The van der Waals surface area contributed by atoms with Crippen LogP contribution in [0.2, 0.25) is 0 Å². The normalized spacial score (nSPS) is 19.8. The molecule has 0 unspecified atom stereocenters. The lowest BCUT2D eigenvalue weighted by atomic mass is 9.87. The molecule has 0 amide bonds. The summed E-state index contributed by atoms with van der Waals surface area (Å²) in [6, 6.07) is 2.08. The second kappa shape index (κ2) is 3.30. The summed E-state index contributed by atoms with van der Waals surface area (Å²) in [6.07, 6.45) is 6.67. The molecule has 1 aromatic heterocycles. The van der Waals surface area contributed by atoms with Gasteiger partial charge in [0.2, 0.25) is 0 Å². The van der Waals surface area contributed by atoms with E-state index in [2.05, 4.69) is 11.2 Å². The molecule has 2 nitrogen and oxygen atoms in total. The van der Waals surface area contributed by atoms with Crippen molar-refractivity contribution in [2.24, 2.45) is 0 Å². The van der Waals surface area contributed by atoms with Crippen LogP contribution in [0.4, 0.5) is 0 Å². The lowest BCUT2D eigenvalue weighted by molar-refractivity contribution is 0.320. The second-order valence-corrected chi connectivity index (χ2v) is 3.71. The predicted molar refractivity (Wildman–Crippen MR) is 47.1 cm³/mol. The molecule has 1 aromatic rings. The van der Waals surface area contributed by atoms with Gasteiger partial charge in [0.25, 0.3) is 0 Å². The molecular weight excluding hydrogens is 150 g/mol. The van der Waals surface area contributed by atoms with E-state index in [9.17, 15) is 0 Å². The molecule has 12 heavy (non-hydrogen) atoms. The van der Waals surface area contributed by atoms with Crippen LogP contribution in [0.1, 0.15) is 49.5 Å². The van der Waals surface area contributed by atoms with Gasteiger partial charge >= 0.3 is 0 Å². The molecule has 0 atom stereocenters. The van der Waals surface area contributed by atoms with E-state index in [0.717, 1.165) is 11.5 Å². The first-order valence-electron chi connectivity index (χ1n) is 4.79. The molecule has 0 radical (unpaired) electrons. The van der Waals surface area contributed by atoms with Crippen molar-refractivity contribution in [3.8, 4) is 0 Å². The molecule has 1 aliphatic carbocycles. The number of nitrogens with zero attached hydrogens (tertiary/aromatic N) is 1. The molecule has 0 bridgehead atoms. The minimum atomic E-state index is 0.653. The van der Waals surface area contributed by atoms with E-state index < -0.39 is 0 Å². The van der Waals surface area contributed by atoms with Gasteiger partial charge in [-0.2, -0.15) is 0 Å². The van der Waals surface area contributed by atoms with Crippen LogP contribution in [-0.2, 0) is 0 Å². The summed E-state index contributed by atoms with van der Waals surface area (Å²) in [5.74, 6) is 1.76. The highest BCUT2D eigenvalue weighted by Gasteiger charge is 2.18. The van der Waals surface area contributed by atoms with Crippen molar-refractivity contribution in [3.05, 3.63) is 17.5 Å². The molecule has 1 fully saturated rings. The van der Waals surface area contributed by atoms with Crippen molar-refractivity contribution in [2.75, 3.05) is 0 Å². The molecule has 2 rings (SSSR count). The topological polar surface area (TPSA) is 26.0 Å². The molecule has 0 spiro atoms. The van der Waals surface area contributed by atoms with Gasteiger partial charge in [-0.25, -0.2) is 0 Å². The molecule has 2 heteroatoms. The number of rotatable bonds is 1. The fraction of sp³-hybridized carbons (Fsp3) is 0.700. The number of aryl methyl sites for hydroxylation is 1. The Morgan fingerprint density at radius 1 is 1.33 bits per heavy atom. The quantitative estimate of drug-likeness (QED) is 0.639. The summed E-state index contributed by atoms with van der Waals surface area (Å²) in [7, 11) is 0. The third-order valence-corrected chi connectivity index (χ3v) is 2.65. The van der Waals surface area contributed by atoms with Crippen LogP contribution in [0.5, 0.6) is 0 Å². The highest BCUT2D eigenvalue weighted by Crippen LogP contribution is 2.32. The van der Waals surface area contributed by atoms with E-state index in [1.54, 1.807) is 0 Å².